The van der Waals surface area contributed by atoms with Crippen LogP contribution in [0.1, 0.15) is 5.56 Å². The zero-order valence-corrected chi connectivity index (χ0v) is 9.27. The Bertz CT molecular complexity index is 470. The first-order valence-electron chi connectivity index (χ1n) is 4.16. The summed E-state index contributed by atoms with van der Waals surface area (Å²) in [5, 5.41) is 0. The summed E-state index contributed by atoms with van der Waals surface area (Å²) in [7, 11) is -2.36. The van der Waals surface area contributed by atoms with Gasteiger partial charge < -0.3 is 10.5 Å². The molecular formula is C9H12FNO3S. The van der Waals surface area contributed by atoms with E-state index in [1.165, 1.54) is 13.2 Å². The van der Waals surface area contributed by atoms with Crippen molar-refractivity contribution in [1.29, 1.82) is 0 Å². The smallest absolute Gasteiger partial charge is 0.182 e. The third kappa shape index (κ3) is 2.45. The molecule has 0 saturated heterocycles. The second-order valence-electron chi connectivity index (χ2n) is 3.09. The molecule has 0 radical (unpaired) electrons. The van der Waals surface area contributed by atoms with Gasteiger partial charge in [0.25, 0.3) is 0 Å². The number of hydrogen-bond donors (Lipinski definition) is 1. The predicted molar refractivity (Wildman–Crippen MR) is 54.0 cm³/mol. The highest BCUT2D eigenvalue weighted by molar-refractivity contribution is 7.90. The van der Waals surface area contributed by atoms with Crippen molar-refractivity contribution in [2.75, 3.05) is 13.4 Å². The lowest BCUT2D eigenvalue weighted by Gasteiger charge is -2.09. The van der Waals surface area contributed by atoms with E-state index in [-0.39, 0.29) is 12.3 Å². The van der Waals surface area contributed by atoms with Crippen molar-refractivity contribution in [2.45, 2.75) is 11.4 Å². The van der Waals surface area contributed by atoms with Gasteiger partial charge in [-0.2, -0.15) is 0 Å². The van der Waals surface area contributed by atoms with Gasteiger partial charge >= 0.3 is 0 Å². The minimum atomic E-state index is -3.64. The zero-order valence-electron chi connectivity index (χ0n) is 8.45. The van der Waals surface area contributed by atoms with Crippen molar-refractivity contribution in [3.63, 3.8) is 0 Å². The lowest BCUT2D eigenvalue weighted by Crippen LogP contribution is -2.06. The van der Waals surface area contributed by atoms with Crippen LogP contribution < -0.4 is 10.5 Å². The number of halogens is 1. The Balaban J connectivity index is 3.52. The maximum Gasteiger partial charge on any atom is 0.182 e. The first-order valence-corrected chi connectivity index (χ1v) is 6.05. The minimum Gasteiger partial charge on any atom is -0.495 e. The van der Waals surface area contributed by atoms with Crippen LogP contribution in [0.25, 0.3) is 0 Å². The maximum atomic E-state index is 13.5. The van der Waals surface area contributed by atoms with E-state index < -0.39 is 20.5 Å². The van der Waals surface area contributed by atoms with E-state index in [0.717, 1.165) is 12.3 Å². The Kier molecular flexibility index (Phi) is 3.31. The molecule has 0 spiro atoms. The molecule has 0 unspecified atom stereocenters. The Hall–Kier alpha value is -1.14. The molecule has 0 atom stereocenters. The molecule has 1 rings (SSSR count). The van der Waals surface area contributed by atoms with Gasteiger partial charge in [0.15, 0.2) is 9.84 Å². The summed E-state index contributed by atoms with van der Waals surface area (Å²) in [4.78, 5) is -0.429. The van der Waals surface area contributed by atoms with Gasteiger partial charge in [0.1, 0.15) is 16.5 Å². The standard InChI is InChI=1S/C9H12FNO3S/c1-14-8-4-6(5-11)3-7(10)9(8)15(2,12)13/h3-4H,5,11H2,1-2H3. The van der Waals surface area contributed by atoms with Gasteiger partial charge in [0.2, 0.25) is 0 Å². The number of sulfone groups is 1. The largest absolute Gasteiger partial charge is 0.495 e. The monoisotopic (exact) mass is 233 g/mol. The summed E-state index contributed by atoms with van der Waals surface area (Å²) >= 11 is 0. The van der Waals surface area contributed by atoms with E-state index in [2.05, 4.69) is 0 Å². The van der Waals surface area contributed by atoms with Crippen LogP contribution in [0, 0.1) is 5.82 Å². The average molecular weight is 233 g/mol. The first kappa shape index (κ1) is 11.9. The van der Waals surface area contributed by atoms with Crippen molar-refractivity contribution < 1.29 is 17.5 Å². The van der Waals surface area contributed by atoms with E-state index >= 15 is 0 Å². The molecule has 15 heavy (non-hydrogen) atoms. The second-order valence-corrected chi connectivity index (χ2v) is 5.04. The third-order valence-electron chi connectivity index (χ3n) is 1.90. The summed E-state index contributed by atoms with van der Waals surface area (Å²) in [6.45, 7) is 0.122. The highest BCUT2D eigenvalue weighted by atomic mass is 32.2. The lowest BCUT2D eigenvalue weighted by atomic mass is 10.2. The summed E-state index contributed by atoms with van der Waals surface area (Å²) in [6, 6.07) is 2.51. The van der Waals surface area contributed by atoms with E-state index in [4.69, 9.17) is 10.5 Å². The van der Waals surface area contributed by atoms with Crippen molar-refractivity contribution in [2.24, 2.45) is 5.73 Å². The molecule has 1 aromatic rings. The second kappa shape index (κ2) is 4.16. The number of ether oxygens (including phenoxy) is 1. The summed E-state index contributed by atoms with van der Waals surface area (Å²) in [5.41, 5.74) is 5.81. The van der Waals surface area contributed by atoms with E-state index in [0.29, 0.717) is 5.56 Å². The minimum absolute atomic E-state index is 0.0158. The Morgan fingerprint density at radius 2 is 2.07 bits per heavy atom. The molecule has 1 aromatic carbocycles. The third-order valence-corrected chi connectivity index (χ3v) is 3.03. The number of methoxy groups -OCH3 is 1. The molecule has 2 N–H and O–H groups in total. The van der Waals surface area contributed by atoms with Crippen molar-refractivity contribution >= 4 is 9.84 Å². The van der Waals surface area contributed by atoms with Gasteiger partial charge in [-0.25, -0.2) is 12.8 Å². The summed E-state index contributed by atoms with van der Waals surface area (Å²) in [5.74, 6) is -0.852. The fraction of sp³-hybridized carbons (Fsp3) is 0.333. The van der Waals surface area contributed by atoms with Gasteiger partial charge in [-0.05, 0) is 17.7 Å². The summed E-state index contributed by atoms with van der Waals surface area (Å²) < 4.78 is 40.8. The zero-order chi connectivity index (χ0) is 11.6. The van der Waals surface area contributed by atoms with Crippen LogP contribution in [0.5, 0.6) is 5.75 Å². The highest BCUT2D eigenvalue weighted by Gasteiger charge is 2.20. The normalized spacial score (nSPS) is 11.5. The molecule has 0 aromatic heterocycles. The van der Waals surface area contributed by atoms with Crippen LogP contribution in [0.4, 0.5) is 4.39 Å². The average Bonchev–Trinajstić information content (AvgIpc) is 2.14. The fourth-order valence-corrected chi connectivity index (χ4v) is 2.17. The SMILES string of the molecule is COc1cc(CN)cc(F)c1S(C)(=O)=O. The van der Waals surface area contributed by atoms with Crippen LogP contribution in [-0.4, -0.2) is 21.8 Å². The van der Waals surface area contributed by atoms with Gasteiger partial charge in [0, 0.05) is 12.8 Å². The molecule has 0 saturated carbocycles. The van der Waals surface area contributed by atoms with Crippen molar-refractivity contribution in [3.05, 3.63) is 23.5 Å². The van der Waals surface area contributed by atoms with Crippen LogP contribution in [0.3, 0.4) is 0 Å². The number of rotatable bonds is 3. The quantitative estimate of drug-likeness (QED) is 0.834. The number of benzene rings is 1. The van der Waals surface area contributed by atoms with Crippen molar-refractivity contribution in [1.82, 2.24) is 0 Å². The number of nitrogens with two attached hydrogens (primary N) is 1. The molecule has 0 fully saturated rings. The van der Waals surface area contributed by atoms with Crippen LogP contribution in [0.15, 0.2) is 17.0 Å². The first-order chi connectivity index (χ1) is 6.90. The Labute approximate surface area is 87.8 Å². The van der Waals surface area contributed by atoms with E-state index in [1.54, 1.807) is 0 Å². The molecule has 0 bridgehead atoms. The molecule has 4 nitrogen and oxygen atoms in total. The van der Waals surface area contributed by atoms with Crippen LogP contribution >= 0.6 is 0 Å². The van der Waals surface area contributed by atoms with Crippen molar-refractivity contribution in [3.8, 4) is 5.75 Å². The molecular weight excluding hydrogens is 221 g/mol. The molecule has 0 aliphatic heterocycles. The van der Waals surface area contributed by atoms with Crippen LogP contribution in [0.2, 0.25) is 0 Å². The molecule has 6 heteroatoms. The molecule has 0 heterocycles. The van der Waals surface area contributed by atoms with Crippen LogP contribution in [-0.2, 0) is 16.4 Å². The molecule has 0 amide bonds. The van der Waals surface area contributed by atoms with Gasteiger partial charge in [-0.3, -0.25) is 0 Å². The fourth-order valence-electron chi connectivity index (χ4n) is 1.25. The Morgan fingerprint density at radius 1 is 1.47 bits per heavy atom. The molecule has 0 aliphatic rings. The van der Waals surface area contributed by atoms with E-state index in [9.17, 15) is 12.8 Å². The lowest BCUT2D eigenvalue weighted by molar-refractivity contribution is 0.394. The Morgan fingerprint density at radius 3 is 2.47 bits per heavy atom. The predicted octanol–water partition coefficient (Wildman–Crippen LogP) is 0.697. The molecule has 0 aliphatic carbocycles. The highest BCUT2D eigenvalue weighted by Crippen LogP contribution is 2.28. The van der Waals surface area contributed by atoms with Gasteiger partial charge in [0.05, 0.1) is 7.11 Å². The summed E-state index contributed by atoms with van der Waals surface area (Å²) in [6.07, 6.45) is 0.927. The maximum absolute atomic E-state index is 13.5. The van der Waals surface area contributed by atoms with Gasteiger partial charge in [-0.1, -0.05) is 0 Å². The van der Waals surface area contributed by atoms with E-state index in [1.807, 2.05) is 0 Å². The molecule has 84 valence electrons. The topological polar surface area (TPSA) is 69.4 Å². The van der Waals surface area contributed by atoms with Gasteiger partial charge in [-0.15, -0.1) is 0 Å². The number of hydrogen-bond acceptors (Lipinski definition) is 4.